The van der Waals surface area contributed by atoms with Crippen molar-refractivity contribution in [3.8, 4) is 0 Å². The highest BCUT2D eigenvalue weighted by Gasteiger charge is 2.19. The molecule has 100 valence electrons. The third kappa shape index (κ3) is 3.82. The largest absolute Gasteiger partial charge is 0.374 e. The first-order valence-electron chi connectivity index (χ1n) is 6.08. The number of nitrogens with one attached hydrogen (secondary N) is 1. The van der Waals surface area contributed by atoms with E-state index in [9.17, 15) is 0 Å². The lowest BCUT2D eigenvalue weighted by Gasteiger charge is -2.32. The Bertz CT molecular complexity index is 405. The van der Waals surface area contributed by atoms with E-state index < -0.39 is 0 Å². The van der Waals surface area contributed by atoms with E-state index in [1.54, 1.807) is 6.20 Å². The van der Waals surface area contributed by atoms with Crippen molar-refractivity contribution < 1.29 is 4.74 Å². The summed E-state index contributed by atoms with van der Waals surface area (Å²) in [5.41, 5.74) is 0. The number of halogens is 2. The van der Waals surface area contributed by atoms with Gasteiger partial charge in [0.25, 0.3) is 0 Å². The maximum Gasteiger partial charge on any atom is 0.140 e. The van der Waals surface area contributed by atoms with Crippen molar-refractivity contribution in [2.45, 2.75) is 13.0 Å². The van der Waals surface area contributed by atoms with Gasteiger partial charge < -0.3 is 10.1 Å². The van der Waals surface area contributed by atoms with Gasteiger partial charge in [-0.2, -0.15) is 0 Å². The lowest BCUT2D eigenvalue weighted by molar-refractivity contribution is -0.0192. The number of hydrogen-bond donors (Lipinski definition) is 1. The summed E-state index contributed by atoms with van der Waals surface area (Å²) in [4.78, 5) is 6.63. The van der Waals surface area contributed by atoms with Gasteiger partial charge in [0.1, 0.15) is 5.82 Å². The Labute approximate surface area is 121 Å². The standard InChI is InChI=1S/C12H17BrClN3O/c1-2-17-3-4-18-10(8-17)7-16-12-11(13)5-9(14)6-15-12/h5-6,10H,2-4,7-8H2,1H3,(H,15,16). The van der Waals surface area contributed by atoms with E-state index in [0.29, 0.717) is 5.02 Å². The average molecular weight is 335 g/mol. The molecular weight excluding hydrogens is 318 g/mol. The van der Waals surface area contributed by atoms with Gasteiger partial charge in [0.15, 0.2) is 0 Å². The highest BCUT2D eigenvalue weighted by Crippen LogP contribution is 2.23. The molecule has 1 aromatic heterocycles. The molecule has 1 unspecified atom stereocenters. The third-order valence-corrected chi connectivity index (χ3v) is 3.79. The van der Waals surface area contributed by atoms with Gasteiger partial charge in [-0.3, -0.25) is 4.90 Å². The zero-order valence-electron chi connectivity index (χ0n) is 10.3. The number of ether oxygens (including phenoxy) is 1. The number of pyridine rings is 1. The quantitative estimate of drug-likeness (QED) is 0.918. The monoisotopic (exact) mass is 333 g/mol. The molecule has 0 radical (unpaired) electrons. The molecule has 2 rings (SSSR count). The molecule has 6 heteroatoms. The Kier molecular flexibility index (Phi) is 5.24. The summed E-state index contributed by atoms with van der Waals surface area (Å²) in [6, 6.07) is 1.83. The molecule has 1 fully saturated rings. The molecular formula is C12H17BrClN3O. The number of anilines is 1. The summed E-state index contributed by atoms with van der Waals surface area (Å²) in [6.45, 7) is 6.79. The first-order chi connectivity index (χ1) is 8.69. The van der Waals surface area contributed by atoms with Gasteiger partial charge in [0.2, 0.25) is 0 Å². The number of likely N-dealkylation sites (N-methyl/N-ethyl adjacent to an activating group) is 1. The highest BCUT2D eigenvalue weighted by atomic mass is 79.9. The van der Waals surface area contributed by atoms with Gasteiger partial charge in [0.05, 0.1) is 22.2 Å². The molecule has 2 heterocycles. The number of nitrogens with zero attached hydrogens (tertiary/aromatic N) is 2. The minimum absolute atomic E-state index is 0.211. The van der Waals surface area contributed by atoms with Crippen molar-refractivity contribution >= 4 is 33.3 Å². The molecule has 4 nitrogen and oxygen atoms in total. The minimum Gasteiger partial charge on any atom is -0.374 e. The van der Waals surface area contributed by atoms with Crippen LogP contribution < -0.4 is 5.32 Å². The van der Waals surface area contributed by atoms with Crippen LogP contribution in [0.4, 0.5) is 5.82 Å². The Morgan fingerprint density at radius 3 is 3.22 bits per heavy atom. The van der Waals surface area contributed by atoms with Crippen LogP contribution in [-0.2, 0) is 4.74 Å². The molecule has 0 aliphatic carbocycles. The molecule has 1 aromatic rings. The number of rotatable bonds is 4. The van der Waals surface area contributed by atoms with Crippen LogP contribution in [0.3, 0.4) is 0 Å². The second kappa shape index (κ2) is 6.70. The van der Waals surface area contributed by atoms with Crippen LogP contribution in [0, 0.1) is 0 Å². The van der Waals surface area contributed by atoms with E-state index in [1.807, 2.05) is 6.07 Å². The maximum atomic E-state index is 5.85. The third-order valence-electron chi connectivity index (χ3n) is 2.98. The fraction of sp³-hybridized carbons (Fsp3) is 0.583. The van der Waals surface area contributed by atoms with Gasteiger partial charge in [-0.15, -0.1) is 0 Å². The SMILES string of the molecule is CCN1CCOC(CNc2ncc(Cl)cc2Br)C1. The lowest BCUT2D eigenvalue weighted by atomic mass is 10.2. The van der Waals surface area contributed by atoms with Gasteiger partial charge in [-0.05, 0) is 28.5 Å². The van der Waals surface area contributed by atoms with Crippen LogP contribution in [-0.4, -0.2) is 48.8 Å². The maximum absolute atomic E-state index is 5.85. The molecule has 1 saturated heterocycles. The summed E-state index contributed by atoms with van der Waals surface area (Å²) in [5.74, 6) is 0.802. The summed E-state index contributed by atoms with van der Waals surface area (Å²) < 4.78 is 6.60. The second-order valence-corrected chi connectivity index (χ2v) is 5.54. The molecule has 18 heavy (non-hydrogen) atoms. The fourth-order valence-electron chi connectivity index (χ4n) is 1.95. The van der Waals surface area contributed by atoms with Crippen LogP contribution in [0.15, 0.2) is 16.7 Å². The molecule has 1 aliphatic rings. The van der Waals surface area contributed by atoms with E-state index in [4.69, 9.17) is 16.3 Å². The van der Waals surface area contributed by atoms with Gasteiger partial charge in [-0.1, -0.05) is 18.5 Å². The van der Waals surface area contributed by atoms with Crippen molar-refractivity contribution in [3.63, 3.8) is 0 Å². The predicted octanol–water partition coefficient (Wildman–Crippen LogP) is 2.63. The van der Waals surface area contributed by atoms with Crippen molar-refractivity contribution in [1.29, 1.82) is 0 Å². The van der Waals surface area contributed by atoms with E-state index in [0.717, 1.165) is 43.1 Å². The van der Waals surface area contributed by atoms with Gasteiger partial charge >= 0.3 is 0 Å². The molecule has 0 amide bonds. The zero-order valence-corrected chi connectivity index (χ0v) is 12.7. The molecule has 0 spiro atoms. The number of hydrogen-bond acceptors (Lipinski definition) is 4. The second-order valence-electron chi connectivity index (χ2n) is 4.25. The number of aromatic nitrogens is 1. The van der Waals surface area contributed by atoms with Crippen LogP contribution in [0.1, 0.15) is 6.92 Å². The van der Waals surface area contributed by atoms with Crippen molar-refractivity contribution in [3.05, 3.63) is 21.8 Å². The van der Waals surface area contributed by atoms with Crippen LogP contribution in [0.5, 0.6) is 0 Å². The summed E-state index contributed by atoms with van der Waals surface area (Å²) in [7, 11) is 0. The smallest absolute Gasteiger partial charge is 0.140 e. The molecule has 1 N–H and O–H groups in total. The Morgan fingerprint density at radius 1 is 1.67 bits per heavy atom. The van der Waals surface area contributed by atoms with Gasteiger partial charge in [0, 0.05) is 25.8 Å². The van der Waals surface area contributed by atoms with E-state index in [1.165, 1.54) is 0 Å². The topological polar surface area (TPSA) is 37.4 Å². The Balaban J connectivity index is 1.87. The predicted molar refractivity (Wildman–Crippen MR) is 77.3 cm³/mol. The number of morpholine rings is 1. The normalized spacial score (nSPS) is 20.9. The van der Waals surface area contributed by atoms with Crippen LogP contribution in [0.25, 0.3) is 0 Å². The Hall–Kier alpha value is -0.360. The Morgan fingerprint density at radius 2 is 2.50 bits per heavy atom. The van der Waals surface area contributed by atoms with E-state index in [2.05, 4.69) is 38.1 Å². The van der Waals surface area contributed by atoms with Crippen molar-refractivity contribution in [1.82, 2.24) is 9.88 Å². The minimum atomic E-state index is 0.211. The summed E-state index contributed by atoms with van der Waals surface area (Å²) in [6.07, 6.45) is 1.84. The lowest BCUT2D eigenvalue weighted by Crippen LogP contribution is -2.45. The van der Waals surface area contributed by atoms with Crippen molar-refractivity contribution in [2.24, 2.45) is 0 Å². The van der Waals surface area contributed by atoms with Crippen molar-refractivity contribution in [2.75, 3.05) is 38.1 Å². The van der Waals surface area contributed by atoms with Crippen LogP contribution in [0.2, 0.25) is 5.02 Å². The molecule has 0 saturated carbocycles. The average Bonchev–Trinajstić information content (AvgIpc) is 2.38. The van der Waals surface area contributed by atoms with E-state index in [-0.39, 0.29) is 6.10 Å². The molecule has 0 aromatic carbocycles. The fourth-order valence-corrected chi connectivity index (χ4v) is 2.73. The molecule has 0 bridgehead atoms. The van der Waals surface area contributed by atoms with Crippen LogP contribution >= 0.6 is 27.5 Å². The first-order valence-corrected chi connectivity index (χ1v) is 7.25. The zero-order chi connectivity index (χ0) is 13.0. The van der Waals surface area contributed by atoms with E-state index >= 15 is 0 Å². The summed E-state index contributed by atoms with van der Waals surface area (Å²) in [5, 5.41) is 3.91. The molecule has 1 aliphatic heterocycles. The first kappa shape index (κ1) is 14.1. The highest BCUT2D eigenvalue weighted by molar-refractivity contribution is 9.10. The van der Waals surface area contributed by atoms with Gasteiger partial charge in [-0.25, -0.2) is 4.98 Å². The molecule has 1 atom stereocenters. The summed E-state index contributed by atoms with van der Waals surface area (Å²) >= 11 is 9.29.